The van der Waals surface area contributed by atoms with Gasteiger partial charge in [-0.15, -0.1) is 11.3 Å². The van der Waals surface area contributed by atoms with Crippen LogP contribution in [0.3, 0.4) is 0 Å². The van der Waals surface area contributed by atoms with E-state index in [4.69, 9.17) is 5.11 Å². The van der Waals surface area contributed by atoms with Crippen molar-refractivity contribution in [1.29, 1.82) is 0 Å². The van der Waals surface area contributed by atoms with Gasteiger partial charge in [0.25, 0.3) is 10.0 Å². The number of aliphatic hydroxyl groups is 1. The first kappa shape index (κ1) is 14.6. The number of hydrogen-bond acceptors (Lipinski definition) is 4. The summed E-state index contributed by atoms with van der Waals surface area (Å²) in [5, 5.41) is 8.97. The lowest BCUT2D eigenvalue weighted by Gasteiger charge is -2.24. The van der Waals surface area contributed by atoms with E-state index in [1.165, 1.54) is 4.31 Å². The first-order chi connectivity index (χ1) is 7.93. The molecule has 17 heavy (non-hydrogen) atoms. The quantitative estimate of drug-likeness (QED) is 0.866. The standard InChI is InChI=1S/C11H19NO3S2/c1-4-7-12(9(2)3)17(14,15)11-6-5-10(8-13)16-11/h5-6,9,13H,4,7-8H2,1-3H3. The zero-order valence-electron chi connectivity index (χ0n) is 10.4. The minimum absolute atomic E-state index is 0.0559. The molecule has 1 aromatic rings. The molecule has 0 radical (unpaired) electrons. The van der Waals surface area contributed by atoms with Crippen LogP contribution in [0.5, 0.6) is 0 Å². The lowest BCUT2D eigenvalue weighted by molar-refractivity contribution is 0.285. The van der Waals surface area contributed by atoms with Gasteiger partial charge in [-0.1, -0.05) is 6.92 Å². The molecule has 0 aliphatic carbocycles. The van der Waals surface area contributed by atoms with Crippen molar-refractivity contribution in [2.45, 2.75) is 44.0 Å². The maximum atomic E-state index is 12.3. The molecule has 0 fully saturated rings. The van der Waals surface area contributed by atoms with Crippen molar-refractivity contribution in [2.24, 2.45) is 0 Å². The second-order valence-electron chi connectivity index (χ2n) is 4.09. The monoisotopic (exact) mass is 277 g/mol. The topological polar surface area (TPSA) is 57.6 Å². The molecule has 0 aliphatic rings. The highest BCUT2D eigenvalue weighted by molar-refractivity contribution is 7.91. The van der Waals surface area contributed by atoms with Crippen LogP contribution < -0.4 is 0 Å². The van der Waals surface area contributed by atoms with Crippen LogP contribution in [0, 0.1) is 0 Å². The predicted octanol–water partition coefficient (Wildman–Crippen LogP) is 2.05. The second kappa shape index (κ2) is 5.95. The number of aliphatic hydroxyl groups excluding tert-OH is 1. The van der Waals surface area contributed by atoms with E-state index in [2.05, 4.69) is 0 Å². The highest BCUT2D eigenvalue weighted by Gasteiger charge is 2.27. The smallest absolute Gasteiger partial charge is 0.252 e. The predicted molar refractivity (Wildman–Crippen MR) is 69.6 cm³/mol. The Kier molecular flexibility index (Phi) is 5.12. The average Bonchev–Trinajstić information content (AvgIpc) is 2.74. The van der Waals surface area contributed by atoms with Crippen LogP contribution in [0.2, 0.25) is 0 Å². The summed E-state index contributed by atoms with van der Waals surface area (Å²) >= 11 is 1.13. The van der Waals surface area contributed by atoms with Crippen molar-refractivity contribution in [1.82, 2.24) is 4.31 Å². The van der Waals surface area contributed by atoms with Gasteiger partial charge in [0.1, 0.15) is 4.21 Å². The van der Waals surface area contributed by atoms with Crippen LogP contribution in [-0.2, 0) is 16.6 Å². The van der Waals surface area contributed by atoms with Gasteiger partial charge in [0, 0.05) is 17.5 Å². The normalized spacial score (nSPS) is 12.6. The van der Waals surface area contributed by atoms with Gasteiger partial charge in [-0.25, -0.2) is 8.42 Å². The fourth-order valence-corrected chi connectivity index (χ4v) is 4.65. The Morgan fingerprint density at radius 1 is 1.41 bits per heavy atom. The minimum atomic E-state index is -3.41. The zero-order valence-corrected chi connectivity index (χ0v) is 12.0. The lowest BCUT2D eigenvalue weighted by Crippen LogP contribution is -2.37. The van der Waals surface area contributed by atoms with E-state index in [1.54, 1.807) is 12.1 Å². The summed E-state index contributed by atoms with van der Waals surface area (Å²) in [6.45, 7) is 6.10. The Morgan fingerprint density at radius 3 is 2.47 bits per heavy atom. The van der Waals surface area contributed by atoms with Gasteiger partial charge >= 0.3 is 0 Å². The van der Waals surface area contributed by atoms with Gasteiger partial charge in [0.15, 0.2) is 0 Å². The minimum Gasteiger partial charge on any atom is -0.391 e. The summed E-state index contributed by atoms with van der Waals surface area (Å²) in [6.07, 6.45) is 0.787. The van der Waals surface area contributed by atoms with Crippen molar-refractivity contribution in [3.63, 3.8) is 0 Å². The van der Waals surface area contributed by atoms with Gasteiger partial charge in [-0.3, -0.25) is 0 Å². The molecule has 0 aliphatic heterocycles. The first-order valence-electron chi connectivity index (χ1n) is 5.64. The maximum absolute atomic E-state index is 12.3. The molecule has 0 amide bonds. The fraction of sp³-hybridized carbons (Fsp3) is 0.636. The summed E-state index contributed by atoms with van der Waals surface area (Å²) in [4.78, 5) is 0.670. The van der Waals surface area contributed by atoms with Crippen LogP contribution in [0.15, 0.2) is 16.3 Å². The van der Waals surface area contributed by atoms with Crippen LogP contribution in [0.1, 0.15) is 32.1 Å². The zero-order chi connectivity index (χ0) is 13.1. The van der Waals surface area contributed by atoms with Crippen molar-refractivity contribution in [3.8, 4) is 0 Å². The molecular formula is C11H19NO3S2. The summed E-state index contributed by atoms with van der Waals surface area (Å²) in [5.74, 6) is 0. The molecule has 0 bridgehead atoms. The molecule has 1 N–H and O–H groups in total. The largest absolute Gasteiger partial charge is 0.391 e. The molecule has 1 rings (SSSR count). The maximum Gasteiger partial charge on any atom is 0.252 e. The summed E-state index contributed by atoms with van der Waals surface area (Å²) in [7, 11) is -3.41. The number of sulfonamides is 1. The van der Waals surface area contributed by atoms with Crippen LogP contribution in [0.4, 0.5) is 0 Å². The number of thiophene rings is 1. The van der Waals surface area contributed by atoms with E-state index >= 15 is 0 Å². The van der Waals surface area contributed by atoms with Crippen LogP contribution >= 0.6 is 11.3 Å². The highest BCUT2D eigenvalue weighted by atomic mass is 32.2. The Labute approximate surface area is 107 Å². The lowest BCUT2D eigenvalue weighted by atomic mass is 10.4. The molecule has 0 saturated carbocycles. The first-order valence-corrected chi connectivity index (χ1v) is 7.90. The van der Waals surface area contributed by atoms with Gasteiger partial charge in [-0.2, -0.15) is 4.31 Å². The molecular weight excluding hydrogens is 258 g/mol. The average molecular weight is 277 g/mol. The SMILES string of the molecule is CCCN(C(C)C)S(=O)(=O)c1ccc(CO)s1. The molecule has 0 aromatic carbocycles. The number of hydrogen-bond donors (Lipinski definition) is 1. The van der Waals surface area contributed by atoms with Crippen molar-refractivity contribution >= 4 is 21.4 Å². The third kappa shape index (κ3) is 3.28. The summed E-state index contributed by atoms with van der Waals surface area (Å²) in [6, 6.07) is 3.16. The Hall–Kier alpha value is -0.430. The Morgan fingerprint density at radius 2 is 2.06 bits per heavy atom. The van der Waals surface area contributed by atoms with E-state index < -0.39 is 10.0 Å². The van der Waals surface area contributed by atoms with E-state index in [-0.39, 0.29) is 12.6 Å². The molecule has 0 saturated heterocycles. The van der Waals surface area contributed by atoms with Crippen LogP contribution in [0.25, 0.3) is 0 Å². The molecule has 98 valence electrons. The van der Waals surface area contributed by atoms with E-state index in [0.29, 0.717) is 15.6 Å². The fourth-order valence-electron chi connectivity index (χ4n) is 1.57. The van der Waals surface area contributed by atoms with Gasteiger partial charge in [-0.05, 0) is 32.4 Å². The van der Waals surface area contributed by atoms with Crippen molar-refractivity contribution < 1.29 is 13.5 Å². The Bertz CT molecular complexity index is 451. The van der Waals surface area contributed by atoms with E-state index in [0.717, 1.165) is 17.8 Å². The van der Waals surface area contributed by atoms with Crippen molar-refractivity contribution in [3.05, 3.63) is 17.0 Å². The van der Waals surface area contributed by atoms with Gasteiger partial charge in [0.2, 0.25) is 0 Å². The third-order valence-corrected chi connectivity index (χ3v) is 5.99. The molecule has 0 unspecified atom stereocenters. The van der Waals surface area contributed by atoms with E-state index in [1.807, 2.05) is 20.8 Å². The molecule has 0 spiro atoms. The van der Waals surface area contributed by atoms with Gasteiger partial charge < -0.3 is 5.11 Å². The van der Waals surface area contributed by atoms with E-state index in [9.17, 15) is 8.42 Å². The molecule has 1 aromatic heterocycles. The molecule has 1 heterocycles. The third-order valence-electron chi connectivity index (χ3n) is 2.38. The molecule has 0 atom stereocenters. The summed E-state index contributed by atoms with van der Waals surface area (Å²) in [5.41, 5.74) is 0. The highest BCUT2D eigenvalue weighted by Crippen LogP contribution is 2.26. The Balaban J connectivity index is 3.07. The molecule has 6 heteroatoms. The number of nitrogens with zero attached hydrogens (tertiary/aromatic N) is 1. The molecule has 4 nitrogen and oxygen atoms in total. The van der Waals surface area contributed by atoms with Crippen molar-refractivity contribution in [2.75, 3.05) is 6.54 Å². The summed E-state index contributed by atoms with van der Waals surface area (Å²) < 4.78 is 26.5. The second-order valence-corrected chi connectivity index (χ2v) is 7.37. The van der Waals surface area contributed by atoms with Crippen LogP contribution in [-0.4, -0.2) is 30.4 Å². The number of rotatable bonds is 6. The van der Waals surface area contributed by atoms with Gasteiger partial charge in [0.05, 0.1) is 6.61 Å².